The van der Waals surface area contributed by atoms with Crippen LogP contribution < -0.4 is 0 Å². The smallest absolute Gasteiger partial charge is 0.244 e. The van der Waals surface area contributed by atoms with Gasteiger partial charge in [-0.05, 0) is 18.4 Å². The van der Waals surface area contributed by atoms with Gasteiger partial charge in [0.25, 0.3) is 0 Å². The van der Waals surface area contributed by atoms with Gasteiger partial charge in [0.05, 0.1) is 4.88 Å². The van der Waals surface area contributed by atoms with Crippen LogP contribution in [0.2, 0.25) is 0 Å². The fourth-order valence-corrected chi connectivity index (χ4v) is 1.64. The second-order valence-electron chi connectivity index (χ2n) is 2.55. The van der Waals surface area contributed by atoms with Crippen molar-refractivity contribution in [2.75, 3.05) is 0 Å². The third-order valence-electron chi connectivity index (χ3n) is 1.52. The quantitative estimate of drug-likeness (QED) is 0.722. The molecular formula is C8H7ClN2OS. The zero-order chi connectivity index (χ0) is 9.26. The molecule has 68 valence electrons. The van der Waals surface area contributed by atoms with Crippen molar-refractivity contribution in [2.45, 2.75) is 12.3 Å². The Bertz CT molecular complexity index is 383. The van der Waals surface area contributed by atoms with Crippen LogP contribution >= 0.6 is 22.9 Å². The van der Waals surface area contributed by atoms with Gasteiger partial charge in [-0.1, -0.05) is 11.2 Å². The first-order valence-electron chi connectivity index (χ1n) is 3.79. The lowest BCUT2D eigenvalue weighted by atomic mass is 10.4. The Labute approximate surface area is 84.3 Å². The normalized spacial score (nSPS) is 13.1. The molecule has 0 aliphatic heterocycles. The van der Waals surface area contributed by atoms with E-state index in [1.165, 1.54) is 0 Å². The van der Waals surface area contributed by atoms with Crippen molar-refractivity contribution in [3.05, 3.63) is 23.4 Å². The lowest BCUT2D eigenvalue weighted by molar-refractivity contribution is 0.379. The summed E-state index contributed by atoms with van der Waals surface area (Å²) in [6, 6.07) is 3.89. The Hall–Kier alpha value is -0.870. The molecule has 3 nitrogen and oxygen atoms in total. The summed E-state index contributed by atoms with van der Waals surface area (Å²) in [5.41, 5.74) is 0. The monoisotopic (exact) mass is 214 g/mol. The topological polar surface area (TPSA) is 38.9 Å². The largest absolute Gasteiger partial charge is 0.337 e. The number of alkyl halides is 1. The van der Waals surface area contributed by atoms with Gasteiger partial charge in [0.15, 0.2) is 0 Å². The van der Waals surface area contributed by atoms with Gasteiger partial charge in [0, 0.05) is 0 Å². The Morgan fingerprint density at radius 1 is 1.62 bits per heavy atom. The summed E-state index contributed by atoms with van der Waals surface area (Å²) in [5, 5.41) is 5.55. The van der Waals surface area contributed by atoms with Gasteiger partial charge in [0.2, 0.25) is 11.7 Å². The van der Waals surface area contributed by atoms with E-state index in [0.717, 1.165) is 4.88 Å². The Morgan fingerprint density at radius 2 is 2.46 bits per heavy atom. The summed E-state index contributed by atoms with van der Waals surface area (Å²) >= 11 is 7.36. The van der Waals surface area contributed by atoms with Crippen LogP contribution in [-0.4, -0.2) is 10.1 Å². The number of thiophene rings is 1. The van der Waals surface area contributed by atoms with E-state index in [9.17, 15) is 0 Å². The van der Waals surface area contributed by atoms with E-state index in [4.69, 9.17) is 16.1 Å². The molecule has 1 unspecified atom stereocenters. The van der Waals surface area contributed by atoms with Gasteiger partial charge in [-0.3, -0.25) is 0 Å². The Balaban J connectivity index is 2.33. The molecule has 0 N–H and O–H groups in total. The maximum absolute atomic E-state index is 5.79. The SMILES string of the molecule is CC(Cl)c1nc(-c2cccs2)no1. The van der Waals surface area contributed by atoms with Crippen LogP contribution in [0.3, 0.4) is 0 Å². The summed E-state index contributed by atoms with van der Waals surface area (Å²) in [4.78, 5) is 5.15. The summed E-state index contributed by atoms with van der Waals surface area (Å²) in [6.07, 6.45) is 0. The first kappa shape index (κ1) is 8.72. The number of hydrogen-bond acceptors (Lipinski definition) is 4. The predicted octanol–water partition coefficient (Wildman–Crippen LogP) is 3.10. The van der Waals surface area contributed by atoms with Crippen molar-refractivity contribution in [3.63, 3.8) is 0 Å². The third-order valence-corrected chi connectivity index (χ3v) is 2.58. The minimum atomic E-state index is -0.235. The van der Waals surface area contributed by atoms with Crippen molar-refractivity contribution < 1.29 is 4.52 Å². The molecular weight excluding hydrogens is 208 g/mol. The van der Waals surface area contributed by atoms with E-state index in [0.29, 0.717) is 11.7 Å². The average molecular weight is 215 g/mol. The Kier molecular flexibility index (Phi) is 2.33. The zero-order valence-electron chi connectivity index (χ0n) is 6.90. The number of hydrogen-bond donors (Lipinski definition) is 0. The summed E-state index contributed by atoms with van der Waals surface area (Å²) in [6.45, 7) is 1.80. The fraction of sp³-hybridized carbons (Fsp3) is 0.250. The van der Waals surface area contributed by atoms with Crippen LogP contribution in [-0.2, 0) is 0 Å². The maximum Gasteiger partial charge on any atom is 0.244 e. The van der Waals surface area contributed by atoms with Gasteiger partial charge in [0.1, 0.15) is 5.38 Å². The lowest BCUT2D eigenvalue weighted by Crippen LogP contribution is -1.82. The molecule has 0 aromatic carbocycles. The maximum atomic E-state index is 5.79. The third kappa shape index (κ3) is 1.73. The van der Waals surface area contributed by atoms with Crippen LogP contribution in [0.1, 0.15) is 18.2 Å². The van der Waals surface area contributed by atoms with Gasteiger partial charge in [-0.25, -0.2) is 0 Å². The van der Waals surface area contributed by atoms with Gasteiger partial charge >= 0.3 is 0 Å². The molecule has 0 fully saturated rings. The minimum Gasteiger partial charge on any atom is -0.337 e. The van der Waals surface area contributed by atoms with E-state index >= 15 is 0 Å². The lowest BCUT2D eigenvalue weighted by Gasteiger charge is -1.89. The second kappa shape index (κ2) is 3.47. The van der Waals surface area contributed by atoms with E-state index < -0.39 is 0 Å². The molecule has 0 saturated heterocycles. The highest BCUT2D eigenvalue weighted by Gasteiger charge is 2.12. The first-order valence-corrected chi connectivity index (χ1v) is 5.10. The molecule has 0 radical (unpaired) electrons. The van der Waals surface area contributed by atoms with Gasteiger partial charge < -0.3 is 4.52 Å². The van der Waals surface area contributed by atoms with Crippen molar-refractivity contribution in [2.24, 2.45) is 0 Å². The Morgan fingerprint density at radius 3 is 3.00 bits per heavy atom. The molecule has 2 aromatic rings. The van der Waals surface area contributed by atoms with E-state index in [1.54, 1.807) is 18.3 Å². The van der Waals surface area contributed by atoms with Crippen LogP contribution in [0.4, 0.5) is 0 Å². The highest BCUT2D eigenvalue weighted by Crippen LogP contribution is 2.24. The van der Waals surface area contributed by atoms with E-state index in [-0.39, 0.29) is 5.38 Å². The first-order chi connectivity index (χ1) is 6.27. The molecule has 0 aliphatic carbocycles. The molecule has 0 bridgehead atoms. The zero-order valence-corrected chi connectivity index (χ0v) is 8.47. The molecule has 13 heavy (non-hydrogen) atoms. The van der Waals surface area contributed by atoms with Crippen LogP contribution in [0.5, 0.6) is 0 Å². The van der Waals surface area contributed by atoms with Gasteiger partial charge in [-0.15, -0.1) is 22.9 Å². The number of nitrogens with zero attached hydrogens (tertiary/aromatic N) is 2. The molecule has 0 aliphatic rings. The fourth-order valence-electron chi connectivity index (χ4n) is 0.903. The number of rotatable bonds is 2. The van der Waals surface area contributed by atoms with Crippen molar-refractivity contribution in [1.29, 1.82) is 0 Å². The molecule has 5 heteroatoms. The molecule has 2 aromatic heterocycles. The highest BCUT2D eigenvalue weighted by atomic mass is 35.5. The van der Waals surface area contributed by atoms with Crippen molar-refractivity contribution >= 4 is 22.9 Å². The van der Waals surface area contributed by atoms with Crippen molar-refractivity contribution in [3.8, 4) is 10.7 Å². The summed E-state index contributed by atoms with van der Waals surface area (Å²) < 4.78 is 4.96. The van der Waals surface area contributed by atoms with E-state index in [1.807, 2.05) is 17.5 Å². The number of halogens is 1. The molecule has 0 amide bonds. The molecule has 1 atom stereocenters. The molecule has 2 rings (SSSR count). The summed E-state index contributed by atoms with van der Waals surface area (Å²) in [5.74, 6) is 1.07. The predicted molar refractivity (Wildman–Crippen MR) is 51.9 cm³/mol. The van der Waals surface area contributed by atoms with Crippen LogP contribution in [0.15, 0.2) is 22.0 Å². The highest BCUT2D eigenvalue weighted by molar-refractivity contribution is 7.13. The van der Waals surface area contributed by atoms with Crippen LogP contribution in [0, 0.1) is 0 Å². The second-order valence-corrected chi connectivity index (χ2v) is 4.15. The van der Waals surface area contributed by atoms with Crippen LogP contribution in [0.25, 0.3) is 10.7 Å². The van der Waals surface area contributed by atoms with E-state index in [2.05, 4.69) is 10.1 Å². The molecule has 2 heterocycles. The van der Waals surface area contributed by atoms with Gasteiger partial charge in [-0.2, -0.15) is 4.98 Å². The number of aromatic nitrogens is 2. The minimum absolute atomic E-state index is 0.235. The molecule has 0 spiro atoms. The van der Waals surface area contributed by atoms with Crippen molar-refractivity contribution in [1.82, 2.24) is 10.1 Å². The molecule has 0 saturated carbocycles. The average Bonchev–Trinajstić information content (AvgIpc) is 2.75. The standard InChI is InChI=1S/C8H7ClN2OS/c1-5(9)8-10-7(11-12-8)6-3-2-4-13-6/h2-5H,1H3. The summed E-state index contributed by atoms with van der Waals surface area (Å²) in [7, 11) is 0.